The Bertz CT molecular complexity index is 354. The van der Waals surface area contributed by atoms with Crippen LogP contribution in [0.15, 0.2) is 12.4 Å². The second kappa shape index (κ2) is 6.34. The Hall–Kier alpha value is -0.870. The molecule has 0 aliphatic carbocycles. The van der Waals surface area contributed by atoms with Gasteiger partial charge < -0.3 is 14.6 Å². The van der Waals surface area contributed by atoms with E-state index in [2.05, 4.69) is 42.6 Å². The molecule has 1 aromatic heterocycles. The molecular formula is C14H27N3O. The Morgan fingerprint density at radius 2 is 2.11 bits per heavy atom. The number of methoxy groups -OCH3 is 1. The van der Waals surface area contributed by atoms with E-state index in [0.29, 0.717) is 0 Å². The first kappa shape index (κ1) is 15.2. The molecule has 0 spiro atoms. The van der Waals surface area contributed by atoms with Gasteiger partial charge in [0.1, 0.15) is 5.82 Å². The van der Waals surface area contributed by atoms with E-state index in [1.165, 1.54) is 0 Å². The second-order valence-electron chi connectivity index (χ2n) is 5.77. The Balaban J connectivity index is 3.04. The molecule has 0 aliphatic rings. The molecule has 2 atom stereocenters. The van der Waals surface area contributed by atoms with Crippen molar-refractivity contribution in [3.63, 3.8) is 0 Å². The van der Waals surface area contributed by atoms with Gasteiger partial charge in [0.05, 0.1) is 12.1 Å². The van der Waals surface area contributed by atoms with Gasteiger partial charge in [0, 0.05) is 26.0 Å². The summed E-state index contributed by atoms with van der Waals surface area (Å²) < 4.78 is 7.92. The van der Waals surface area contributed by atoms with Crippen molar-refractivity contribution in [2.24, 2.45) is 5.41 Å². The van der Waals surface area contributed by atoms with Crippen LogP contribution in [0.2, 0.25) is 0 Å². The van der Waals surface area contributed by atoms with Crippen molar-refractivity contribution >= 4 is 0 Å². The van der Waals surface area contributed by atoms with Crippen LogP contribution in [0, 0.1) is 5.41 Å². The van der Waals surface area contributed by atoms with Crippen LogP contribution in [0.1, 0.15) is 46.0 Å². The van der Waals surface area contributed by atoms with Crippen LogP contribution in [0.5, 0.6) is 0 Å². The van der Waals surface area contributed by atoms with Crippen LogP contribution in [-0.2, 0) is 11.3 Å². The van der Waals surface area contributed by atoms with E-state index in [1.54, 1.807) is 7.11 Å². The van der Waals surface area contributed by atoms with Gasteiger partial charge in [0.15, 0.2) is 0 Å². The maximum atomic E-state index is 5.71. The smallest absolute Gasteiger partial charge is 0.128 e. The predicted octanol–water partition coefficient (Wildman–Crippen LogP) is 2.61. The van der Waals surface area contributed by atoms with Gasteiger partial charge in [-0.15, -0.1) is 0 Å². The van der Waals surface area contributed by atoms with Crippen molar-refractivity contribution in [1.82, 2.24) is 14.9 Å². The van der Waals surface area contributed by atoms with E-state index in [-0.39, 0.29) is 17.6 Å². The molecule has 0 radical (unpaired) electrons. The fraction of sp³-hybridized carbons (Fsp3) is 0.786. The maximum Gasteiger partial charge on any atom is 0.128 e. The molecule has 1 aromatic rings. The Morgan fingerprint density at radius 3 is 2.56 bits per heavy atom. The summed E-state index contributed by atoms with van der Waals surface area (Å²) in [5.74, 6) is 1.06. The molecule has 18 heavy (non-hydrogen) atoms. The monoisotopic (exact) mass is 253 g/mol. The molecule has 104 valence electrons. The second-order valence-corrected chi connectivity index (χ2v) is 5.77. The molecule has 0 amide bonds. The first-order chi connectivity index (χ1) is 8.45. The van der Waals surface area contributed by atoms with Gasteiger partial charge in [0.25, 0.3) is 0 Å². The SMILES string of the molecule is CCCn1ccnc1C(NC)C(OC)C(C)(C)C. The Morgan fingerprint density at radius 1 is 1.44 bits per heavy atom. The standard InChI is InChI=1S/C14H27N3O/c1-7-9-17-10-8-16-13(17)11(15-5)12(18-6)14(2,3)4/h8,10-12,15H,7,9H2,1-6H3. The Kier molecular flexibility index (Phi) is 5.35. The van der Waals surface area contributed by atoms with Crippen molar-refractivity contribution in [2.75, 3.05) is 14.2 Å². The Labute approximate surface area is 111 Å². The lowest BCUT2D eigenvalue weighted by molar-refractivity contribution is -0.0130. The number of hydrogen-bond acceptors (Lipinski definition) is 3. The molecule has 0 saturated carbocycles. The van der Waals surface area contributed by atoms with Crippen molar-refractivity contribution < 1.29 is 4.74 Å². The third kappa shape index (κ3) is 3.33. The number of nitrogens with one attached hydrogen (secondary N) is 1. The van der Waals surface area contributed by atoms with Gasteiger partial charge in [-0.25, -0.2) is 4.98 Å². The zero-order chi connectivity index (χ0) is 13.8. The van der Waals surface area contributed by atoms with Gasteiger partial charge in [-0.2, -0.15) is 0 Å². The van der Waals surface area contributed by atoms with Gasteiger partial charge in [0.2, 0.25) is 0 Å². The summed E-state index contributed by atoms with van der Waals surface area (Å²) in [6, 6.07) is 0.108. The van der Waals surface area contributed by atoms with Crippen LogP contribution in [0.4, 0.5) is 0 Å². The quantitative estimate of drug-likeness (QED) is 0.847. The molecule has 0 bridgehead atoms. The molecular weight excluding hydrogens is 226 g/mol. The van der Waals surface area contributed by atoms with Crippen LogP contribution in [-0.4, -0.2) is 29.8 Å². The number of imidazole rings is 1. The summed E-state index contributed by atoms with van der Waals surface area (Å²) in [4.78, 5) is 4.51. The van der Waals surface area contributed by atoms with Crippen LogP contribution in [0.25, 0.3) is 0 Å². The summed E-state index contributed by atoms with van der Waals surface area (Å²) in [6.45, 7) is 9.75. The number of likely N-dealkylation sites (N-methyl/N-ethyl adjacent to an activating group) is 1. The fourth-order valence-corrected chi connectivity index (χ4v) is 2.44. The van der Waals surface area contributed by atoms with Crippen LogP contribution >= 0.6 is 0 Å². The largest absolute Gasteiger partial charge is 0.379 e. The number of aromatic nitrogens is 2. The van der Waals surface area contributed by atoms with Gasteiger partial charge in [-0.05, 0) is 18.9 Å². The lowest BCUT2D eigenvalue weighted by Gasteiger charge is -2.35. The molecule has 0 saturated heterocycles. The molecule has 4 heteroatoms. The van der Waals surface area contributed by atoms with Gasteiger partial charge >= 0.3 is 0 Å². The number of rotatable bonds is 6. The summed E-state index contributed by atoms with van der Waals surface area (Å²) >= 11 is 0. The number of hydrogen-bond donors (Lipinski definition) is 1. The highest BCUT2D eigenvalue weighted by Gasteiger charge is 2.34. The summed E-state index contributed by atoms with van der Waals surface area (Å²) in [6.07, 6.45) is 5.09. The number of aryl methyl sites for hydroxylation is 1. The molecule has 1 rings (SSSR count). The minimum atomic E-state index is 0.0609. The number of nitrogens with zero attached hydrogens (tertiary/aromatic N) is 2. The highest BCUT2D eigenvalue weighted by Crippen LogP contribution is 2.31. The molecule has 1 N–H and O–H groups in total. The van der Waals surface area contributed by atoms with Crippen molar-refractivity contribution in [3.05, 3.63) is 18.2 Å². The van der Waals surface area contributed by atoms with Crippen LogP contribution < -0.4 is 5.32 Å². The lowest BCUT2D eigenvalue weighted by atomic mass is 9.84. The van der Waals surface area contributed by atoms with Gasteiger partial charge in [-0.3, -0.25) is 0 Å². The topological polar surface area (TPSA) is 39.1 Å². The highest BCUT2D eigenvalue weighted by molar-refractivity contribution is 5.04. The fourth-order valence-electron chi connectivity index (χ4n) is 2.44. The van der Waals surface area contributed by atoms with Crippen molar-refractivity contribution in [3.8, 4) is 0 Å². The summed E-state index contributed by atoms with van der Waals surface area (Å²) in [7, 11) is 3.74. The molecule has 4 nitrogen and oxygen atoms in total. The van der Waals surface area contributed by atoms with E-state index in [9.17, 15) is 0 Å². The predicted molar refractivity (Wildman–Crippen MR) is 74.6 cm³/mol. The highest BCUT2D eigenvalue weighted by atomic mass is 16.5. The van der Waals surface area contributed by atoms with E-state index >= 15 is 0 Å². The van der Waals surface area contributed by atoms with Gasteiger partial charge in [-0.1, -0.05) is 27.7 Å². The zero-order valence-electron chi connectivity index (χ0n) is 12.5. The maximum absolute atomic E-state index is 5.71. The average Bonchev–Trinajstić information content (AvgIpc) is 2.72. The molecule has 0 fully saturated rings. The van der Waals surface area contributed by atoms with E-state index in [1.807, 2.05) is 19.4 Å². The minimum absolute atomic E-state index is 0.0609. The van der Waals surface area contributed by atoms with E-state index < -0.39 is 0 Å². The molecule has 2 unspecified atom stereocenters. The molecule has 0 aromatic carbocycles. The lowest BCUT2D eigenvalue weighted by Crippen LogP contribution is -2.41. The first-order valence-corrected chi connectivity index (χ1v) is 6.66. The minimum Gasteiger partial charge on any atom is -0.379 e. The third-order valence-electron chi connectivity index (χ3n) is 3.21. The van der Waals surface area contributed by atoms with Crippen molar-refractivity contribution in [1.29, 1.82) is 0 Å². The van der Waals surface area contributed by atoms with E-state index in [0.717, 1.165) is 18.8 Å². The summed E-state index contributed by atoms with van der Waals surface area (Å²) in [5.41, 5.74) is 0.0609. The third-order valence-corrected chi connectivity index (χ3v) is 3.21. The normalized spacial score (nSPS) is 15.7. The number of ether oxygens (including phenoxy) is 1. The van der Waals surface area contributed by atoms with Crippen LogP contribution in [0.3, 0.4) is 0 Å². The summed E-state index contributed by atoms with van der Waals surface area (Å²) in [5, 5.41) is 3.35. The van der Waals surface area contributed by atoms with Crippen molar-refractivity contribution in [2.45, 2.75) is 52.8 Å². The van der Waals surface area contributed by atoms with E-state index in [4.69, 9.17) is 4.74 Å². The average molecular weight is 253 g/mol. The first-order valence-electron chi connectivity index (χ1n) is 6.66. The zero-order valence-corrected chi connectivity index (χ0v) is 12.5. The molecule has 0 aliphatic heterocycles. The molecule has 1 heterocycles.